The van der Waals surface area contributed by atoms with Crippen molar-refractivity contribution in [2.24, 2.45) is 0 Å². The maximum absolute atomic E-state index is 12.6. The van der Waals surface area contributed by atoms with Crippen LogP contribution in [0, 0.1) is 0 Å². The van der Waals surface area contributed by atoms with Crippen LogP contribution in [0.15, 0.2) is 82.6 Å². The molecular weight excluding hydrogens is 372 g/mol. The third kappa shape index (κ3) is 3.57. The highest BCUT2D eigenvalue weighted by Crippen LogP contribution is 2.41. The molecule has 1 aliphatic rings. The van der Waals surface area contributed by atoms with Crippen molar-refractivity contribution in [3.8, 4) is 11.5 Å². The maximum atomic E-state index is 12.6. The summed E-state index contributed by atoms with van der Waals surface area (Å²) >= 11 is 1.42. The number of hydrogen-bond donors (Lipinski definition) is 0. The fraction of sp³-hybridized carbons (Fsp3) is 0.0435. The van der Waals surface area contributed by atoms with Crippen LogP contribution in [-0.2, 0) is 0 Å². The fourth-order valence-electron chi connectivity index (χ4n) is 2.86. The molecule has 28 heavy (non-hydrogen) atoms. The van der Waals surface area contributed by atoms with E-state index in [4.69, 9.17) is 9.47 Å². The Morgan fingerprint density at radius 1 is 0.929 bits per heavy atom. The number of thioether (sulfide) groups is 1. The van der Waals surface area contributed by atoms with E-state index in [9.17, 15) is 9.59 Å². The van der Waals surface area contributed by atoms with E-state index >= 15 is 0 Å². The predicted octanol–water partition coefficient (Wildman–Crippen LogP) is 5.24. The number of fused-ring (bicyclic) bond motifs is 1. The second-order valence-electron chi connectivity index (χ2n) is 6.09. The zero-order valence-corrected chi connectivity index (χ0v) is 15.9. The molecule has 0 saturated carbocycles. The topological polar surface area (TPSA) is 52.6 Å². The zero-order valence-electron chi connectivity index (χ0n) is 15.0. The molecule has 138 valence electrons. The van der Waals surface area contributed by atoms with Crippen molar-refractivity contribution in [2.75, 3.05) is 7.11 Å². The second-order valence-corrected chi connectivity index (χ2v) is 7.18. The summed E-state index contributed by atoms with van der Waals surface area (Å²) in [5, 5.41) is 0. The average Bonchev–Trinajstić information content (AvgIpc) is 3.05. The summed E-state index contributed by atoms with van der Waals surface area (Å²) in [5.74, 6) is 0.581. The Balaban J connectivity index is 1.59. The molecule has 0 radical (unpaired) electrons. The van der Waals surface area contributed by atoms with Gasteiger partial charge in [-0.05, 0) is 48.5 Å². The summed E-state index contributed by atoms with van der Waals surface area (Å²) in [6, 6.07) is 21.4. The molecule has 3 aromatic carbocycles. The van der Waals surface area contributed by atoms with E-state index in [1.54, 1.807) is 49.6 Å². The largest absolute Gasteiger partial charge is 0.497 e. The molecule has 1 aliphatic heterocycles. The number of ether oxygens (including phenoxy) is 2. The molecule has 0 saturated heterocycles. The van der Waals surface area contributed by atoms with Gasteiger partial charge in [0, 0.05) is 16.0 Å². The van der Waals surface area contributed by atoms with Crippen LogP contribution in [0.1, 0.15) is 26.3 Å². The van der Waals surface area contributed by atoms with E-state index in [1.807, 2.05) is 36.4 Å². The highest BCUT2D eigenvalue weighted by Gasteiger charge is 2.25. The van der Waals surface area contributed by atoms with Gasteiger partial charge in [-0.15, -0.1) is 0 Å². The molecule has 3 aromatic rings. The minimum Gasteiger partial charge on any atom is -0.497 e. The Morgan fingerprint density at radius 2 is 1.64 bits per heavy atom. The standard InChI is InChI=1S/C23H16O4S/c1-26-17-12-10-15(11-13-17)23(25)27-19-8-4-2-6-16(19)14-21-22(24)18-7-3-5-9-20(18)28-21/h2-14H,1H3. The smallest absolute Gasteiger partial charge is 0.343 e. The van der Waals surface area contributed by atoms with E-state index in [2.05, 4.69) is 0 Å². The van der Waals surface area contributed by atoms with Crippen molar-refractivity contribution in [2.45, 2.75) is 4.90 Å². The van der Waals surface area contributed by atoms with Crippen molar-refractivity contribution in [3.05, 3.63) is 94.4 Å². The van der Waals surface area contributed by atoms with E-state index in [0.717, 1.165) is 4.90 Å². The summed E-state index contributed by atoms with van der Waals surface area (Å²) < 4.78 is 10.7. The Morgan fingerprint density at radius 3 is 2.39 bits per heavy atom. The Bertz CT molecular complexity index is 1080. The molecule has 0 amide bonds. The summed E-state index contributed by atoms with van der Waals surface area (Å²) in [6.07, 6.45) is 1.77. The molecular formula is C23H16O4S. The first-order valence-corrected chi connectivity index (χ1v) is 9.46. The number of carbonyl (C=O) groups excluding carboxylic acids is 2. The van der Waals surface area contributed by atoms with Gasteiger partial charge in [-0.25, -0.2) is 4.79 Å². The first-order valence-electron chi connectivity index (χ1n) is 8.64. The quantitative estimate of drug-likeness (QED) is 0.347. The lowest BCUT2D eigenvalue weighted by Crippen LogP contribution is -2.09. The monoisotopic (exact) mass is 388 g/mol. The van der Waals surface area contributed by atoms with Crippen LogP contribution >= 0.6 is 11.8 Å². The predicted molar refractivity (Wildman–Crippen MR) is 109 cm³/mol. The first kappa shape index (κ1) is 18.1. The van der Waals surface area contributed by atoms with Gasteiger partial charge in [-0.1, -0.05) is 42.1 Å². The molecule has 5 heteroatoms. The fourth-order valence-corrected chi connectivity index (χ4v) is 3.90. The molecule has 1 heterocycles. The van der Waals surface area contributed by atoms with Crippen molar-refractivity contribution >= 4 is 29.6 Å². The van der Waals surface area contributed by atoms with Gasteiger partial charge < -0.3 is 9.47 Å². The number of esters is 1. The minimum atomic E-state index is -0.470. The summed E-state index contributed by atoms with van der Waals surface area (Å²) in [7, 11) is 1.57. The number of methoxy groups -OCH3 is 1. The van der Waals surface area contributed by atoms with E-state index < -0.39 is 5.97 Å². The number of rotatable bonds is 4. The van der Waals surface area contributed by atoms with Crippen molar-refractivity contribution in [1.82, 2.24) is 0 Å². The van der Waals surface area contributed by atoms with Crippen LogP contribution in [0.3, 0.4) is 0 Å². The second kappa shape index (κ2) is 7.74. The van der Waals surface area contributed by atoms with E-state index in [-0.39, 0.29) is 5.78 Å². The number of benzene rings is 3. The van der Waals surface area contributed by atoms with E-state index in [0.29, 0.717) is 33.1 Å². The van der Waals surface area contributed by atoms with Crippen LogP contribution in [0.5, 0.6) is 11.5 Å². The Hall–Kier alpha value is -3.31. The van der Waals surface area contributed by atoms with Crippen molar-refractivity contribution in [3.63, 3.8) is 0 Å². The average molecular weight is 388 g/mol. The molecule has 4 rings (SSSR count). The van der Waals surface area contributed by atoms with Crippen LogP contribution < -0.4 is 9.47 Å². The number of ketones is 1. The number of hydrogen-bond acceptors (Lipinski definition) is 5. The first-order chi connectivity index (χ1) is 13.7. The summed E-state index contributed by atoms with van der Waals surface area (Å²) in [6.45, 7) is 0. The highest BCUT2D eigenvalue weighted by atomic mass is 32.2. The highest BCUT2D eigenvalue weighted by molar-refractivity contribution is 8.04. The minimum absolute atomic E-state index is 0.0168. The number of allylic oxidation sites excluding steroid dienone is 1. The van der Waals surface area contributed by atoms with Gasteiger partial charge in [0.2, 0.25) is 5.78 Å². The zero-order chi connectivity index (χ0) is 19.5. The third-order valence-corrected chi connectivity index (χ3v) is 5.41. The molecule has 4 nitrogen and oxygen atoms in total. The van der Waals surface area contributed by atoms with Gasteiger partial charge >= 0.3 is 5.97 Å². The molecule has 0 N–H and O–H groups in total. The Kier molecular flexibility index (Phi) is 5.00. The normalized spacial score (nSPS) is 14.0. The molecule has 0 spiro atoms. The number of carbonyl (C=O) groups is 2. The molecule has 0 atom stereocenters. The van der Waals surface area contributed by atoms with Gasteiger partial charge in [0.1, 0.15) is 11.5 Å². The number of para-hydroxylation sites is 1. The summed E-state index contributed by atoms with van der Waals surface area (Å²) in [5.41, 5.74) is 1.79. The molecule has 0 aromatic heterocycles. The molecule has 0 fully saturated rings. The van der Waals surface area contributed by atoms with Gasteiger partial charge in [0.05, 0.1) is 17.6 Å². The maximum Gasteiger partial charge on any atom is 0.343 e. The number of Topliss-reactive ketones (excluding diaryl/α,β-unsaturated/α-hetero) is 1. The van der Waals surface area contributed by atoms with Gasteiger partial charge in [-0.2, -0.15) is 0 Å². The molecule has 0 aliphatic carbocycles. The lowest BCUT2D eigenvalue weighted by molar-refractivity contribution is 0.0734. The lowest BCUT2D eigenvalue weighted by atomic mass is 10.1. The summed E-state index contributed by atoms with van der Waals surface area (Å²) in [4.78, 5) is 26.6. The molecule has 0 unspecified atom stereocenters. The van der Waals surface area contributed by atoms with Gasteiger partial charge in [-0.3, -0.25) is 4.79 Å². The Labute approximate surface area is 166 Å². The van der Waals surface area contributed by atoms with E-state index in [1.165, 1.54) is 11.8 Å². The van der Waals surface area contributed by atoms with Crippen LogP contribution in [-0.4, -0.2) is 18.9 Å². The van der Waals surface area contributed by atoms with Crippen molar-refractivity contribution < 1.29 is 19.1 Å². The lowest BCUT2D eigenvalue weighted by Gasteiger charge is -2.08. The van der Waals surface area contributed by atoms with Gasteiger partial charge in [0.25, 0.3) is 0 Å². The van der Waals surface area contributed by atoms with Crippen LogP contribution in [0.25, 0.3) is 6.08 Å². The third-order valence-electron chi connectivity index (χ3n) is 4.31. The van der Waals surface area contributed by atoms with Gasteiger partial charge in [0.15, 0.2) is 0 Å². The van der Waals surface area contributed by atoms with Crippen molar-refractivity contribution in [1.29, 1.82) is 0 Å². The van der Waals surface area contributed by atoms with Crippen LogP contribution in [0.4, 0.5) is 0 Å². The SMILES string of the molecule is COc1ccc(C(=O)Oc2ccccc2C=C2Sc3ccccc3C2=O)cc1. The molecule has 0 bridgehead atoms. The van der Waals surface area contributed by atoms with Crippen LogP contribution in [0.2, 0.25) is 0 Å².